The molecule has 0 unspecified atom stereocenters. The SMILES string of the molecule is O=C(O)C1(n2nnnc2C2CC2)CCC1. The van der Waals surface area contributed by atoms with Crippen molar-refractivity contribution in [1.82, 2.24) is 20.2 Å². The number of aromatic nitrogens is 4. The number of aliphatic carboxylic acids is 1. The molecule has 0 aliphatic heterocycles. The molecule has 3 rings (SSSR count). The first-order chi connectivity index (χ1) is 7.24. The number of carboxylic acid groups (broad SMARTS) is 1. The Morgan fingerprint density at radius 3 is 2.67 bits per heavy atom. The minimum atomic E-state index is -0.846. The van der Waals surface area contributed by atoms with Crippen LogP contribution in [0.4, 0.5) is 0 Å². The van der Waals surface area contributed by atoms with Crippen molar-refractivity contribution in [2.24, 2.45) is 0 Å². The maximum absolute atomic E-state index is 11.3. The minimum Gasteiger partial charge on any atom is -0.479 e. The third-order valence-corrected chi connectivity index (χ3v) is 3.42. The van der Waals surface area contributed by atoms with Crippen molar-refractivity contribution in [1.29, 1.82) is 0 Å². The van der Waals surface area contributed by atoms with Crippen molar-refractivity contribution >= 4 is 5.97 Å². The van der Waals surface area contributed by atoms with E-state index in [0.717, 1.165) is 25.1 Å². The van der Waals surface area contributed by atoms with Crippen LogP contribution in [0, 0.1) is 0 Å². The maximum Gasteiger partial charge on any atom is 0.331 e. The topological polar surface area (TPSA) is 80.9 Å². The number of carboxylic acids is 1. The van der Waals surface area contributed by atoms with Gasteiger partial charge in [0, 0.05) is 5.92 Å². The van der Waals surface area contributed by atoms with Gasteiger partial charge in [-0.1, -0.05) is 0 Å². The largest absolute Gasteiger partial charge is 0.479 e. The van der Waals surface area contributed by atoms with Gasteiger partial charge in [0.1, 0.15) is 0 Å². The number of hydrogen-bond donors (Lipinski definition) is 1. The normalized spacial score (nSPS) is 23.5. The molecule has 2 aliphatic carbocycles. The predicted molar refractivity (Wildman–Crippen MR) is 49.3 cm³/mol. The molecule has 0 radical (unpaired) electrons. The summed E-state index contributed by atoms with van der Waals surface area (Å²) in [4.78, 5) is 11.3. The van der Waals surface area contributed by atoms with E-state index in [-0.39, 0.29) is 0 Å². The van der Waals surface area contributed by atoms with Crippen LogP contribution < -0.4 is 0 Å². The Labute approximate surface area is 86.3 Å². The van der Waals surface area contributed by atoms with Gasteiger partial charge in [0.05, 0.1) is 0 Å². The Balaban J connectivity index is 2.02. The third-order valence-electron chi connectivity index (χ3n) is 3.42. The van der Waals surface area contributed by atoms with Crippen LogP contribution in [0.1, 0.15) is 43.8 Å². The van der Waals surface area contributed by atoms with Gasteiger partial charge >= 0.3 is 5.97 Å². The monoisotopic (exact) mass is 208 g/mol. The first-order valence-electron chi connectivity index (χ1n) is 5.26. The number of rotatable bonds is 3. The number of hydrogen-bond acceptors (Lipinski definition) is 4. The molecule has 2 fully saturated rings. The van der Waals surface area contributed by atoms with Gasteiger partial charge in [0.25, 0.3) is 0 Å². The quantitative estimate of drug-likeness (QED) is 0.782. The van der Waals surface area contributed by atoms with Crippen molar-refractivity contribution in [3.63, 3.8) is 0 Å². The van der Waals surface area contributed by atoms with Crippen LogP contribution in [0.3, 0.4) is 0 Å². The Morgan fingerprint density at radius 1 is 1.47 bits per heavy atom. The summed E-state index contributed by atoms with van der Waals surface area (Å²) in [6.07, 6.45) is 4.39. The van der Waals surface area contributed by atoms with Crippen LogP contribution in [0.25, 0.3) is 0 Å². The van der Waals surface area contributed by atoms with Gasteiger partial charge in [-0.05, 0) is 42.5 Å². The van der Waals surface area contributed by atoms with Gasteiger partial charge in [-0.2, -0.15) is 0 Å². The number of carbonyl (C=O) groups is 1. The van der Waals surface area contributed by atoms with Gasteiger partial charge in [-0.25, -0.2) is 9.48 Å². The Hall–Kier alpha value is -1.46. The van der Waals surface area contributed by atoms with E-state index in [1.807, 2.05) is 0 Å². The van der Waals surface area contributed by atoms with E-state index in [0.29, 0.717) is 18.8 Å². The molecule has 0 amide bonds. The Morgan fingerprint density at radius 2 is 2.20 bits per heavy atom. The highest BCUT2D eigenvalue weighted by Gasteiger charge is 2.50. The summed E-state index contributed by atoms with van der Waals surface area (Å²) in [5.41, 5.74) is -0.846. The minimum absolute atomic E-state index is 0.386. The van der Waals surface area contributed by atoms with Crippen LogP contribution in [0.15, 0.2) is 0 Å². The molecule has 6 heteroatoms. The van der Waals surface area contributed by atoms with E-state index in [1.165, 1.54) is 0 Å². The standard InChI is InChI=1S/C9H12N4O2/c14-8(15)9(4-1-5-9)13-7(6-2-3-6)10-11-12-13/h6H,1-5H2,(H,14,15). The van der Waals surface area contributed by atoms with Gasteiger partial charge in [-0.15, -0.1) is 5.10 Å². The molecular weight excluding hydrogens is 196 g/mol. The zero-order valence-electron chi connectivity index (χ0n) is 8.26. The van der Waals surface area contributed by atoms with Crippen LogP contribution in [-0.2, 0) is 10.3 Å². The molecule has 1 aromatic heterocycles. The lowest BCUT2D eigenvalue weighted by Crippen LogP contribution is -2.49. The fourth-order valence-electron chi connectivity index (χ4n) is 2.12. The van der Waals surface area contributed by atoms with E-state index >= 15 is 0 Å². The summed E-state index contributed by atoms with van der Waals surface area (Å²) in [7, 11) is 0. The highest BCUT2D eigenvalue weighted by molar-refractivity contribution is 5.77. The van der Waals surface area contributed by atoms with Crippen LogP contribution in [0.2, 0.25) is 0 Å². The lowest BCUT2D eigenvalue weighted by Gasteiger charge is -2.37. The van der Waals surface area contributed by atoms with E-state index in [1.54, 1.807) is 4.68 Å². The maximum atomic E-state index is 11.3. The predicted octanol–water partition coefficient (Wildman–Crippen LogP) is 0.514. The van der Waals surface area contributed by atoms with Gasteiger partial charge in [0.2, 0.25) is 0 Å². The zero-order valence-corrected chi connectivity index (χ0v) is 8.26. The second-order valence-electron chi connectivity index (χ2n) is 4.41. The molecule has 0 saturated heterocycles. The second kappa shape index (κ2) is 2.77. The third kappa shape index (κ3) is 1.10. The summed E-state index contributed by atoms with van der Waals surface area (Å²) in [5.74, 6) is 0.344. The summed E-state index contributed by atoms with van der Waals surface area (Å²) in [6, 6.07) is 0. The van der Waals surface area contributed by atoms with E-state index in [9.17, 15) is 9.90 Å². The summed E-state index contributed by atoms with van der Waals surface area (Å²) < 4.78 is 1.55. The molecule has 2 saturated carbocycles. The smallest absolute Gasteiger partial charge is 0.331 e. The fourth-order valence-corrected chi connectivity index (χ4v) is 2.12. The zero-order chi connectivity index (χ0) is 10.5. The molecule has 6 nitrogen and oxygen atoms in total. The first kappa shape index (κ1) is 8.82. The molecule has 0 atom stereocenters. The first-order valence-corrected chi connectivity index (χ1v) is 5.26. The Kier molecular flexibility index (Phi) is 1.63. The van der Waals surface area contributed by atoms with Crippen molar-refractivity contribution in [2.75, 3.05) is 0 Å². The summed E-state index contributed by atoms with van der Waals surface area (Å²) in [5, 5.41) is 20.7. The molecule has 1 heterocycles. The van der Waals surface area contributed by atoms with E-state index in [2.05, 4.69) is 15.5 Å². The van der Waals surface area contributed by atoms with Crippen molar-refractivity contribution in [3.05, 3.63) is 5.82 Å². The van der Waals surface area contributed by atoms with Crippen LogP contribution in [-0.4, -0.2) is 31.3 Å². The lowest BCUT2D eigenvalue weighted by atomic mass is 9.77. The summed E-state index contributed by atoms with van der Waals surface area (Å²) in [6.45, 7) is 0. The molecule has 2 aliphatic rings. The van der Waals surface area contributed by atoms with Gasteiger partial charge < -0.3 is 5.11 Å². The molecule has 0 bridgehead atoms. The molecule has 80 valence electrons. The highest BCUT2D eigenvalue weighted by Crippen LogP contribution is 2.44. The number of tetrazole rings is 1. The second-order valence-corrected chi connectivity index (χ2v) is 4.41. The Bertz CT molecular complexity index is 406. The number of nitrogens with zero attached hydrogens (tertiary/aromatic N) is 4. The molecule has 1 N–H and O–H groups in total. The molecule has 0 aromatic carbocycles. The average molecular weight is 208 g/mol. The van der Waals surface area contributed by atoms with Crippen LogP contribution >= 0.6 is 0 Å². The van der Waals surface area contributed by atoms with Crippen LogP contribution in [0.5, 0.6) is 0 Å². The molecule has 15 heavy (non-hydrogen) atoms. The van der Waals surface area contributed by atoms with Crippen molar-refractivity contribution in [2.45, 2.75) is 43.6 Å². The van der Waals surface area contributed by atoms with Gasteiger partial charge in [0.15, 0.2) is 11.4 Å². The lowest BCUT2D eigenvalue weighted by molar-refractivity contribution is -0.153. The van der Waals surface area contributed by atoms with E-state index in [4.69, 9.17) is 0 Å². The molecule has 0 spiro atoms. The van der Waals surface area contributed by atoms with Crippen molar-refractivity contribution in [3.8, 4) is 0 Å². The molecular formula is C9H12N4O2. The highest BCUT2D eigenvalue weighted by atomic mass is 16.4. The average Bonchev–Trinajstić information content (AvgIpc) is 2.85. The van der Waals surface area contributed by atoms with E-state index < -0.39 is 11.5 Å². The summed E-state index contributed by atoms with van der Waals surface area (Å²) >= 11 is 0. The molecule has 1 aromatic rings. The van der Waals surface area contributed by atoms with Crippen molar-refractivity contribution < 1.29 is 9.90 Å². The fraction of sp³-hybridized carbons (Fsp3) is 0.778. The van der Waals surface area contributed by atoms with Gasteiger partial charge in [-0.3, -0.25) is 0 Å².